The maximum Gasteiger partial charge on any atom is 0.342 e. The zero-order valence-electron chi connectivity index (χ0n) is 11.8. The van der Waals surface area contributed by atoms with Crippen molar-refractivity contribution >= 4 is 16.9 Å². The normalized spacial score (nSPS) is 10.5. The number of benzene rings is 1. The minimum atomic E-state index is -0.442. The predicted molar refractivity (Wildman–Crippen MR) is 76.0 cm³/mol. The molecule has 22 heavy (non-hydrogen) atoms. The van der Waals surface area contributed by atoms with E-state index >= 15 is 0 Å². The number of furan rings is 1. The van der Waals surface area contributed by atoms with E-state index in [-0.39, 0.29) is 19.0 Å². The maximum absolute atomic E-state index is 12.2. The van der Waals surface area contributed by atoms with Crippen molar-refractivity contribution in [3.63, 3.8) is 0 Å². The predicted octanol–water partition coefficient (Wildman–Crippen LogP) is 2.12. The zero-order chi connectivity index (χ0) is 15.5. The van der Waals surface area contributed by atoms with E-state index in [2.05, 4.69) is 10.1 Å². The summed E-state index contributed by atoms with van der Waals surface area (Å²) in [6.45, 7) is 2.22. The Bertz CT molecular complexity index is 872. The van der Waals surface area contributed by atoms with E-state index in [1.807, 2.05) is 18.2 Å². The molecule has 0 aliphatic rings. The van der Waals surface area contributed by atoms with Gasteiger partial charge in [0.25, 0.3) is 5.82 Å². The lowest BCUT2D eigenvalue weighted by Crippen LogP contribution is -2.09. The van der Waals surface area contributed by atoms with Gasteiger partial charge in [-0.3, -0.25) is 0 Å². The summed E-state index contributed by atoms with van der Waals surface area (Å²) in [5.41, 5.74) is 0.979. The maximum atomic E-state index is 12.2. The standard InChI is InChI=1S/C15H12N4O3/c1-2-21-15(20)14-10-5-3-4-6-11(10)22-12(14)8-19-9-17-13(7-16)18-19/h3-6,9H,2,8H2,1H3. The topological polar surface area (TPSA) is 93.9 Å². The quantitative estimate of drug-likeness (QED) is 0.684. The van der Waals surface area contributed by atoms with Gasteiger partial charge in [0.2, 0.25) is 0 Å². The molecular weight excluding hydrogens is 284 g/mol. The van der Waals surface area contributed by atoms with Crippen LogP contribution in [0.5, 0.6) is 0 Å². The number of hydrogen-bond donors (Lipinski definition) is 0. The van der Waals surface area contributed by atoms with Crippen LogP contribution >= 0.6 is 0 Å². The van der Waals surface area contributed by atoms with E-state index < -0.39 is 5.97 Å². The van der Waals surface area contributed by atoms with Crippen molar-refractivity contribution in [2.45, 2.75) is 13.5 Å². The minimum Gasteiger partial charge on any atom is -0.462 e. The van der Waals surface area contributed by atoms with Gasteiger partial charge in [-0.25, -0.2) is 14.5 Å². The van der Waals surface area contributed by atoms with Gasteiger partial charge in [0, 0.05) is 5.39 Å². The average Bonchev–Trinajstić information content (AvgIpc) is 3.11. The number of hydrogen-bond acceptors (Lipinski definition) is 6. The molecule has 0 aliphatic heterocycles. The number of rotatable bonds is 4. The summed E-state index contributed by atoms with van der Waals surface area (Å²) >= 11 is 0. The number of carbonyl (C=O) groups is 1. The Morgan fingerprint density at radius 1 is 1.45 bits per heavy atom. The molecule has 0 bridgehead atoms. The molecule has 0 fully saturated rings. The summed E-state index contributed by atoms with van der Waals surface area (Å²) in [7, 11) is 0. The monoisotopic (exact) mass is 296 g/mol. The molecule has 0 spiro atoms. The Hall–Kier alpha value is -3.14. The second-order valence-electron chi connectivity index (χ2n) is 4.49. The highest BCUT2D eigenvalue weighted by Crippen LogP contribution is 2.27. The molecule has 0 atom stereocenters. The second kappa shape index (κ2) is 5.69. The molecular formula is C15H12N4O3. The molecule has 3 aromatic rings. The first kappa shape index (κ1) is 13.8. The van der Waals surface area contributed by atoms with Crippen LogP contribution in [0, 0.1) is 11.3 Å². The Labute approximate surface area is 125 Å². The Morgan fingerprint density at radius 2 is 2.27 bits per heavy atom. The molecule has 7 heteroatoms. The smallest absolute Gasteiger partial charge is 0.342 e. The van der Waals surface area contributed by atoms with Gasteiger partial charge in [-0.1, -0.05) is 18.2 Å². The van der Waals surface area contributed by atoms with Gasteiger partial charge in [-0.2, -0.15) is 5.26 Å². The molecule has 0 amide bonds. The fourth-order valence-electron chi connectivity index (χ4n) is 2.20. The van der Waals surface area contributed by atoms with Crippen LogP contribution in [0.25, 0.3) is 11.0 Å². The summed E-state index contributed by atoms with van der Waals surface area (Å²) in [6, 6.07) is 9.09. The van der Waals surface area contributed by atoms with Crippen LogP contribution in [0.3, 0.4) is 0 Å². The van der Waals surface area contributed by atoms with Crippen molar-refractivity contribution in [2.75, 3.05) is 6.61 Å². The van der Waals surface area contributed by atoms with Gasteiger partial charge < -0.3 is 9.15 Å². The molecule has 7 nitrogen and oxygen atoms in total. The summed E-state index contributed by atoms with van der Waals surface area (Å²) in [5.74, 6) is 0.0471. The number of para-hydroxylation sites is 1. The van der Waals surface area contributed by atoms with Gasteiger partial charge in [0.05, 0.1) is 6.61 Å². The molecule has 3 rings (SSSR count). The summed E-state index contributed by atoms with van der Waals surface area (Å²) in [4.78, 5) is 16.0. The highest BCUT2D eigenvalue weighted by molar-refractivity contribution is 6.04. The molecule has 0 unspecified atom stereocenters. The fraction of sp³-hybridized carbons (Fsp3) is 0.200. The highest BCUT2D eigenvalue weighted by atomic mass is 16.5. The third-order valence-corrected chi connectivity index (χ3v) is 3.09. The van der Waals surface area contributed by atoms with Crippen molar-refractivity contribution in [2.24, 2.45) is 0 Å². The van der Waals surface area contributed by atoms with Crippen LogP contribution in [0.1, 0.15) is 28.9 Å². The highest BCUT2D eigenvalue weighted by Gasteiger charge is 2.22. The molecule has 1 aromatic carbocycles. The van der Waals surface area contributed by atoms with Gasteiger partial charge in [0.1, 0.15) is 35.8 Å². The van der Waals surface area contributed by atoms with Crippen molar-refractivity contribution in [3.05, 3.63) is 47.7 Å². The molecule has 0 saturated heterocycles. The van der Waals surface area contributed by atoms with Crippen molar-refractivity contribution in [1.29, 1.82) is 5.26 Å². The fourth-order valence-corrected chi connectivity index (χ4v) is 2.20. The van der Waals surface area contributed by atoms with Gasteiger partial charge in [-0.15, -0.1) is 5.10 Å². The molecule has 110 valence electrons. The average molecular weight is 296 g/mol. The first-order valence-corrected chi connectivity index (χ1v) is 6.70. The van der Waals surface area contributed by atoms with Crippen LogP contribution in [0.15, 0.2) is 35.0 Å². The number of ether oxygens (including phenoxy) is 1. The number of nitrogens with zero attached hydrogens (tertiary/aromatic N) is 4. The number of nitriles is 1. The lowest BCUT2D eigenvalue weighted by Gasteiger charge is -2.03. The minimum absolute atomic E-state index is 0.0637. The Balaban J connectivity index is 2.05. The summed E-state index contributed by atoms with van der Waals surface area (Å²) in [6.07, 6.45) is 1.42. The van der Waals surface area contributed by atoms with E-state index in [0.717, 1.165) is 0 Å². The van der Waals surface area contributed by atoms with E-state index in [4.69, 9.17) is 14.4 Å². The largest absolute Gasteiger partial charge is 0.462 e. The van der Waals surface area contributed by atoms with Gasteiger partial charge >= 0.3 is 5.97 Å². The van der Waals surface area contributed by atoms with E-state index in [1.54, 1.807) is 19.1 Å². The summed E-state index contributed by atoms with van der Waals surface area (Å²) < 4.78 is 12.3. The SMILES string of the molecule is CCOC(=O)c1c(Cn2cnc(C#N)n2)oc2ccccc12. The van der Waals surface area contributed by atoms with E-state index in [9.17, 15) is 4.79 Å². The zero-order valence-corrected chi connectivity index (χ0v) is 11.8. The lowest BCUT2D eigenvalue weighted by atomic mass is 10.1. The third-order valence-electron chi connectivity index (χ3n) is 3.09. The number of carbonyl (C=O) groups excluding carboxylic acids is 1. The van der Waals surface area contributed by atoms with E-state index in [0.29, 0.717) is 22.3 Å². The number of fused-ring (bicyclic) bond motifs is 1. The molecule has 0 aliphatic carbocycles. The lowest BCUT2D eigenvalue weighted by molar-refractivity contribution is 0.0525. The third kappa shape index (κ3) is 2.42. The van der Waals surface area contributed by atoms with Crippen LogP contribution < -0.4 is 0 Å². The van der Waals surface area contributed by atoms with E-state index in [1.165, 1.54) is 11.0 Å². The Morgan fingerprint density at radius 3 is 3.00 bits per heavy atom. The van der Waals surface area contributed by atoms with Crippen LogP contribution in [-0.4, -0.2) is 27.3 Å². The first-order valence-electron chi connectivity index (χ1n) is 6.70. The number of esters is 1. The molecule has 2 heterocycles. The van der Waals surface area contributed by atoms with Crippen molar-refractivity contribution in [1.82, 2.24) is 14.8 Å². The molecule has 0 radical (unpaired) electrons. The molecule has 0 saturated carbocycles. The van der Waals surface area contributed by atoms with Crippen LogP contribution in [-0.2, 0) is 11.3 Å². The first-order chi connectivity index (χ1) is 10.7. The van der Waals surface area contributed by atoms with Crippen molar-refractivity contribution in [3.8, 4) is 6.07 Å². The molecule has 2 aromatic heterocycles. The van der Waals surface area contributed by atoms with Crippen LogP contribution in [0.2, 0.25) is 0 Å². The van der Waals surface area contributed by atoms with Crippen LogP contribution in [0.4, 0.5) is 0 Å². The van der Waals surface area contributed by atoms with Crippen molar-refractivity contribution < 1.29 is 13.9 Å². The van der Waals surface area contributed by atoms with Gasteiger partial charge in [-0.05, 0) is 13.0 Å². The molecule has 0 N–H and O–H groups in total. The second-order valence-corrected chi connectivity index (χ2v) is 4.49. The summed E-state index contributed by atoms with van der Waals surface area (Å²) in [5, 5.41) is 13.4. The Kier molecular flexibility index (Phi) is 3.58. The van der Waals surface area contributed by atoms with Gasteiger partial charge in [0.15, 0.2) is 0 Å². The number of aromatic nitrogens is 3.